The molecule has 0 unspecified atom stereocenters. The molecule has 2 aromatic rings. The minimum atomic E-state index is -0.951. The number of aromatic nitrogens is 1. The van der Waals surface area contributed by atoms with Gasteiger partial charge < -0.3 is 10.2 Å². The van der Waals surface area contributed by atoms with Gasteiger partial charge in [0.15, 0.2) is 0 Å². The van der Waals surface area contributed by atoms with Crippen LogP contribution in [0.3, 0.4) is 0 Å². The molecule has 3 rings (SSSR count). The van der Waals surface area contributed by atoms with E-state index in [9.17, 15) is 9.90 Å². The number of carboxylic acids is 1. The number of hydrogen-bond donors (Lipinski definition) is 2. The van der Waals surface area contributed by atoms with E-state index in [1.807, 2.05) is 0 Å². The predicted octanol–water partition coefficient (Wildman–Crippen LogP) is 3.15. The maximum absolute atomic E-state index is 10.9. The van der Waals surface area contributed by atoms with Crippen LogP contribution in [-0.2, 0) is 5.60 Å². The first kappa shape index (κ1) is 12.6. The fourth-order valence-corrected chi connectivity index (χ4v) is 3.70. The normalized spacial score (nSPS) is 18.6. The van der Waals surface area contributed by atoms with Gasteiger partial charge in [0.05, 0.1) is 15.8 Å². The molecule has 4 nitrogen and oxygen atoms in total. The third-order valence-electron chi connectivity index (χ3n) is 3.71. The number of nitrogens with zero attached hydrogens (tertiary/aromatic N) is 1. The minimum absolute atomic E-state index is 0.236. The van der Waals surface area contributed by atoms with Gasteiger partial charge in [-0.1, -0.05) is 19.3 Å². The number of hydrogen-bond acceptors (Lipinski definition) is 4. The summed E-state index contributed by atoms with van der Waals surface area (Å²) in [5, 5.41) is 20.4. The summed E-state index contributed by atoms with van der Waals surface area (Å²) in [7, 11) is 0. The highest BCUT2D eigenvalue weighted by atomic mass is 32.1. The van der Waals surface area contributed by atoms with E-state index in [1.54, 1.807) is 18.2 Å². The Morgan fingerprint density at radius 2 is 2.00 bits per heavy atom. The number of aliphatic hydroxyl groups is 1. The fourth-order valence-electron chi connectivity index (χ4n) is 2.61. The zero-order chi connectivity index (χ0) is 13.5. The predicted molar refractivity (Wildman–Crippen MR) is 73.6 cm³/mol. The molecule has 0 radical (unpaired) electrons. The average molecular weight is 277 g/mol. The van der Waals surface area contributed by atoms with Crippen molar-refractivity contribution in [2.45, 2.75) is 37.7 Å². The van der Waals surface area contributed by atoms with Crippen molar-refractivity contribution in [1.82, 2.24) is 4.98 Å². The van der Waals surface area contributed by atoms with Crippen LogP contribution < -0.4 is 0 Å². The van der Waals surface area contributed by atoms with Gasteiger partial charge in [0, 0.05) is 0 Å². The fraction of sp³-hybridized carbons (Fsp3) is 0.429. The summed E-state index contributed by atoms with van der Waals surface area (Å²) in [4.78, 5) is 15.4. The van der Waals surface area contributed by atoms with E-state index in [2.05, 4.69) is 4.98 Å². The van der Waals surface area contributed by atoms with E-state index in [4.69, 9.17) is 5.11 Å². The van der Waals surface area contributed by atoms with Crippen molar-refractivity contribution in [2.24, 2.45) is 0 Å². The summed E-state index contributed by atoms with van der Waals surface area (Å²) >= 11 is 1.47. The molecule has 2 N–H and O–H groups in total. The van der Waals surface area contributed by atoms with Crippen LogP contribution in [0.4, 0.5) is 0 Å². The molecule has 100 valence electrons. The van der Waals surface area contributed by atoms with Crippen LogP contribution in [0.5, 0.6) is 0 Å². The van der Waals surface area contributed by atoms with Crippen LogP contribution >= 0.6 is 11.3 Å². The molecule has 0 aliphatic heterocycles. The molecule has 0 atom stereocenters. The summed E-state index contributed by atoms with van der Waals surface area (Å²) in [6.07, 6.45) is 4.70. The number of rotatable bonds is 2. The number of carbonyl (C=O) groups is 1. The molecule has 1 aromatic carbocycles. The van der Waals surface area contributed by atoms with Gasteiger partial charge in [-0.3, -0.25) is 0 Å². The molecule has 0 spiro atoms. The Morgan fingerprint density at radius 3 is 2.68 bits per heavy atom. The van der Waals surface area contributed by atoms with Crippen molar-refractivity contribution in [1.29, 1.82) is 0 Å². The Kier molecular flexibility index (Phi) is 3.03. The van der Waals surface area contributed by atoms with E-state index in [0.29, 0.717) is 5.52 Å². The number of fused-ring (bicyclic) bond motifs is 1. The first-order chi connectivity index (χ1) is 9.08. The Balaban J connectivity index is 2.03. The Hall–Kier alpha value is -1.46. The van der Waals surface area contributed by atoms with Gasteiger partial charge in [-0.2, -0.15) is 0 Å². The monoisotopic (exact) mass is 277 g/mol. The molecule has 0 amide bonds. The van der Waals surface area contributed by atoms with Gasteiger partial charge in [0.1, 0.15) is 10.6 Å². The van der Waals surface area contributed by atoms with E-state index in [1.165, 1.54) is 11.3 Å². The zero-order valence-electron chi connectivity index (χ0n) is 10.4. The number of carboxylic acid groups (broad SMARTS) is 1. The number of thiazole rings is 1. The van der Waals surface area contributed by atoms with Crippen LogP contribution in [0.1, 0.15) is 47.5 Å². The highest BCUT2D eigenvalue weighted by molar-refractivity contribution is 7.18. The molecule has 0 saturated heterocycles. The van der Waals surface area contributed by atoms with Gasteiger partial charge in [0.2, 0.25) is 0 Å². The zero-order valence-corrected chi connectivity index (χ0v) is 11.2. The van der Waals surface area contributed by atoms with Gasteiger partial charge in [0.25, 0.3) is 0 Å². The molecule has 1 heterocycles. The Bertz CT molecular complexity index is 629. The van der Waals surface area contributed by atoms with Gasteiger partial charge in [-0.05, 0) is 31.0 Å². The van der Waals surface area contributed by atoms with E-state index in [0.717, 1.165) is 41.8 Å². The van der Waals surface area contributed by atoms with Crippen molar-refractivity contribution in [2.75, 3.05) is 0 Å². The first-order valence-corrected chi connectivity index (χ1v) is 7.27. The third-order valence-corrected chi connectivity index (χ3v) is 4.94. The molecule has 1 fully saturated rings. The lowest BCUT2D eigenvalue weighted by molar-refractivity contribution is -0.000630. The molecule has 1 aliphatic rings. The average Bonchev–Trinajstić information content (AvgIpc) is 2.83. The Labute approximate surface area is 114 Å². The van der Waals surface area contributed by atoms with Gasteiger partial charge in [-0.15, -0.1) is 11.3 Å². The van der Waals surface area contributed by atoms with Crippen molar-refractivity contribution in [3.63, 3.8) is 0 Å². The molecule has 1 saturated carbocycles. The molecule has 0 bridgehead atoms. The quantitative estimate of drug-likeness (QED) is 0.884. The topological polar surface area (TPSA) is 70.4 Å². The summed E-state index contributed by atoms with van der Waals surface area (Å²) in [6.45, 7) is 0. The van der Waals surface area contributed by atoms with E-state index in [-0.39, 0.29) is 5.56 Å². The van der Waals surface area contributed by atoms with E-state index < -0.39 is 11.6 Å². The van der Waals surface area contributed by atoms with E-state index >= 15 is 0 Å². The lowest BCUT2D eigenvalue weighted by atomic mass is 9.85. The molecule has 1 aliphatic carbocycles. The Morgan fingerprint density at radius 1 is 1.26 bits per heavy atom. The number of aromatic carboxylic acids is 1. The maximum atomic E-state index is 10.9. The van der Waals surface area contributed by atoms with Crippen molar-refractivity contribution >= 4 is 27.5 Å². The van der Waals surface area contributed by atoms with Crippen molar-refractivity contribution in [3.8, 4) is 0 Å². The van der Waals surface area contributed by atoms with Crippen LogP contribution in [0.2, 0.25) is 0 Å². The minimum Gasteiger partial charge on any atom is -0.478 e. The molecular weight excluding hydrogens is 262 g/mol. The summed E-state index contributed by atoms with van der Waals surface area (Å²) in [5.74, 6) is -0.951. The van der Waals surface area contributed by atoms with Gasteiger partial charge in [-0.25, -0.2) is 9.78 Å². The molecular formula is C14H15NO3S. The smallest absolute Gasteiger partial charge is 0.335 e. The van der Waals surface area contributed by atoms with Crippen molar-refractivity contribution < 1.29 is 15.0 Å². The highest BCUT2D eigenvalue weighted by Gasteiger charge is 2.34. The summed E-state index contributed by atoms with van der Waals surface area (Å²) < 4.78 is 0.930. The molecule has 5 heteroatoms. The summed E-state index contributed by atoms with van der Waals surface area (Å²) in [5.41, 5.74) is 0.0876. The summed E-state index contributed by atoms with van der Waals surface area (Å²) in [6, 6.07) is 4.92. The second-order valence-electron chi connectivity index (χ2n) is 5.10. The van der Waals surface area contributed by atoms with Gasteiger partial charge >= 0.3 is 5.97 Å². The number of benzene rings is 1. The van der Waals surface area contributed by atoms with Crippen LogP contribution in [0, 0.1) is 0 Å². The molecule has 19 heavy (non-hydrogen) atoms. The second-order valence-corrected chi connectivity index (χ2v) is 6.13. The first-order valence-electron chi connectivity index (χ1n) is 6.45. The second kappa shape index (κ2) is 4.58. The SMILES string of the molecule is O=C(O)c1ccc2sc(C3(O)CCCCC3)nc2c1. The van der Waals surface area contributed by atoms with Crippen LogP contribution in [-0.4, -0.2) is 21.2 Å². The lowest BCUT2D eigenvalue weighted by Gasteiger charge is -2.29. The standard InChI is InChI=1S/C14H15NO3S/c16-12(17)9-4-5-11-10(8-9)15-13(19-11)14(18)6-2-1-3-7-14/h4-5,8,18H,1-3,6-7H2,(H,16,17). The largest absolute Gasteiger partial charge is 0.478 e. The van der Waals surface area contributed by atoms with Crippen LogP contribution in [0.15, 0.2) is 18.2 Å². The van der Waals surface area contributed by atoms with Crippen molar-refractivity contribution in [3.05, 3.63) is 28.8 Å². The maximum Gasteiger partial charge on any atom is 0.335 e. The molecule has 1 aromatic heterocycles. The third kappa shape index (κ3) is 2.24. The highest BCUT2D eigenvalue weighted by Crippen LogP contribution is 2.40. The lowest BCUT2D eigenvalue weighted by Crippen LogP contribution is -2.28. The van der Waals surface area contributed by atoms with Crippen LogP contribution in [0.25, 0.3) is 10.2 Å².